The maximum atomic E-state index is 11.5. The summed E-state index contributed by atoms with van der Waals surface area (Å²) >= 11 is 1.42. The second kappa shape index (κ2) is 5.58. The van der Waals surface area contributed by atoms with E-state index in [4.69, 9.17) is 0 Å². The number of H-pyrrole nitrogens is 1. The first-order valence-corrected chi connectivity index (χ1v) is 6.75. The normalized spacial score (nSPS) is 10.9. The van der Waals surface area contributed by atoms with Crippen LogP contribution in [0, 0.1) is 13.8 Å². The lowest BCUT2D eigenvalue weighted by molar-refractivity contribution is 0.682. The number of nitrogens with zero attached hydrogens (tertiary/aromatic N) is 3. The van der Waals surface area contributed by atoms with Gasteiger partial charge in [0.2, 0.25) is 0 Å². The van der Waals surface area contributed by atoms with Gasteiger partial charge in [0, 0.05) is 30.9 Å². The Morgan fingerprint density at radius 3 is 2.84 bits per heavy atom. The van der Waals surface area contributed by atoms with E-state index < -0.39 is 0 Å². The van der Waals surface area contributed by atoms with Crippen LogP contribution >= 0.6 is 11.8 Å². The Morgan fingerprint density at radius 2 is 2.21 bits per heavy atom. The molecule has 102 valence electrons. The smallest absolute Gasteiger partial charge is 0.251 e. The summed E-state index contributed by atoms with van der Waals surface area (Å²) in [4.78, 5) is 18.5. The summed E-state index contributed by atoms with van der Waals surface area (Å²) in [7, 11) is 3.79. The van der Waals surface area contributed by atoms with Crippen LogP contribution < -0.4 is 10.9 Å². The first kappa shape index (κ1) is 13.8. The summed E-state index contributed by atoms with van der Waals surface area (Å²) in [6.45, 7) is 4.52. The van der Waals surface area contributed by atoms with Crippen LogP contribution in [0.1, 0.15) is 17.0 Å². The number of rotatable bonds is 4. The van der Waals surface area contributed by atoms with Gasteiger partial charge in [0.05, 0.1) is 5.69 Å². The van der Waals surface area contributed by atoms with Crippen molar-refractivity contribution in [3.05, 3.63) is 33.4 Å². The number of aromatic nitrogens is 4. The summed E-state index contributed by atoms with van der Waals surface area (Å²) in [6, 6.07) is 1.48. The lowest BCUT2D eigenvalue weighted by Crippen LogP contribution is -2.09. The highest BCUT2D eigenvalue weighted by Crippen LogP contribution is 2.28. The third-order valence-corrected chi connectivity index (χ3v) is 3.77. The molecule has 0 amide bonds. The third kappa shape index (κ3) is 3.05. The van der Waals surface area contributed by atoms with Gasteiger partial charge in [0.25, 0.3) is 5.56 Å². The van der Waals surface area contributed by atoms with E-state index in [0.29, 0.717) is 10.9 Å². The summed E-state index contributed by atoms with van der Waals surface area (Å²) in [5, 5.41) is 9.11. The molecule has 7 heteroatoms. The second-order valence-electron chi connectivity index (χ2n) is 4.32. The van der Waals surface area contributed by atoms with E-state index in [9.17, 15) is 4.79 Å². The van der Waals surface area contributed by atoms with Crippen molar-refractivity contribution in [3.8, 4) is 0 Å². The average molecular weight is 279 g/mol. The lowest BCUT2D eigenvalue weighted by atomic mass is 10.3. The predicted octanol–water partition coefficient (Wildman–Crippen LogP) is 0.991. The van der Waals surface area contributed by atoms with E-state index in [0.717, 1.165) is 22.8 Å². The summed E-state index contributed by atoms with van der Waals surface area (Å²) in [6.07, 6.45) is 0. The van der Waals surface area contributed by atoms with Gasteiger partial charge in [-0.05, 0) is 32.7 Å². The van der Waals surface area contributed by atoms with Crippen molar-refractivity contribution in [2.75, 3.05) is 7.05 Å². The van der Waals surface area contributed by atoms with Crippen molar-refractivity contribution in [3.63, 3.8) is 0 Å². The number of aryl methyl sites for hydroxylation is 3. The minimum atomic E-state index is -0.135. The van der Waals surface area contributed by atoms with Crippen LogP contribution in [0.15, 0.2) is 21.0 Å². The van der Waals surface area contributed by atoms with Gasteiger partial charge in [-0.15, -0.1) is 0 Å². The summed E-state index contributed by atoms with van der Waals surface area (Å²) in [5.41, 5.74) is 2.68. The number of hydrogen-bond donors (Lipinski definition) is 2. The lowest BCUT2D eigenvalue weighted by Gasteiger charge is -2.05. The molecule has 19 heavy (non-hydrogen) atoms. The molecule has 2 aromatic heterocycles. The molecule has 6 nitrogen and oxygen atoms in total. The zero-order valence-electron chi connectivity index (χ0n) is 11.4. The van der Waals surface area contributed by atoms with Crippen molar-refractivity contribution in [2.24, 2.45) is 7.05 Å². The first-order valence-electron chi connectivity index (χ1n) is 5.94. The zero-order valence-corrected chi connectivity index (χ0v) is 12.3. The van der Waals surface area contributed by atoms with Crippen LogP contribution in [0.5, 0.6) is 0 Å². The van der Waals surface area contributed by atoms with Crippen LogP contribution in [0.25, 0.3) is 0 Å². The molecule has 0 radical (unpaired) electrons. The van der Waals surface area contributed by atoms with Crippen LogP contribution in [0.4, 0.5) is 0 Å². The highest BCUT2D eigenvalue weighted by Gasteiger charge is 2.15. The minimum Gasteiger partial charge on any atom is -0.316 e. The predicted molar refractivity (Wildman–Crippen MR) is 74.4 cm³/mol. The molecule has 0 aliphatic rings. The Morgan fingerprint density at radius 1 is 1.47 bits per heavy atom. The fraction of sp³-hybridized carbons (Fsp3) is 0.417. The Bertz CT molecular complexity index is 646. The third-order valence-electron chi connectivity index (χ3n) is 2.68. The van der Waals surface area contributed by atoms with E-state index in [1.807, 2.05) is 32.6 Å². The largest absolute Gasteiger partial charge is 0.316 e. The van der Waals surface area contributed by atoms with Crippen LogP contribution in [0.3, 0.4) is 0 Å². The van der Waals surface area contributed by atoms with Crippen LogP contribution in [-0.2, 0) is 13.6 Å². The maximum Gasteiger partial charge on any atom is 0.251 e. The molecule has 0 bridgehead atoms. The van der Waals surface area contributed by atoms with Crippen LogP contribution in [-0.4, -0.2) is 26.8 Å². The molecule has 0 aromatic carbocycles. The molecule has 0 aliphatic heterocycles. The molecule has 0 saturated carbocycles. The van der Waals surface area contributed by atoms with Crippen molar-refractivity contribution >= 4 is 11.8 Å². The molecular formula is C12H17N5OS. The number of nitrogens with one attached hydrogen (secondary N) is 2. The maximum absolute atomic E-state index is 11.5. The van der Waals surface area contributed by atoms with E-state index in [1.54, 1.807) is 0 Å². The molecule has 0 saturated heterocycles. The molecule has 0 spiro atoms. The monoisotopic (exact) mass is 279 g/mol. The summed E-state index contributed by atoms with van der Waals surface area (Å²) < 4.78 is 1.81. The van der Waals surface area contributed by atoms with Crippen molar-refractivity contribution in [2.45, 2.75) is 30.6 Å². The van der Waals surface area contributed by atoms with Crippen molar-refractivity contribution in [1.29, 1.82) is 0 Å². The fourth-order valence-corrected chi connectivity index (χ4v) is 2.92. The van der Waals surface area contributed by atoms with E-state index in [-0.39, 0.29) is 5.56 Å². The van der Waals surface area contributed by atoms with Gasteiger partial charge < -0.3 is 10.3 Å². The number of hydrogen-bond acceptors (Lipinski definition) is 5. The Hall–Kier alpha value is -1.60. The molecule has 0 fully saturated rings. The zero-order chi connectivity index (χ0) is 14.0. The molecule has 0 atom stereocenters. The molecule has 2 rings (SSSR count). The Kier molecular flexibility index (Phi) is 4.06. The SMILES string of the molecule is CNCc1c(C)nn(C)c1Sc1nc(C)cc(=O)[nH]1. The molecular weight excluding hydrogens is 262 g/mol. The van der Waals surface area contributed by atoms with Gasteiger partial charge in [-0.1, -0.05) is 0 Å². The van der Waals surface area contributed by atoms with Gasteiger partial charge in [0.15, 0.2) is 5.16 Å². The summed E-state index contributed by atoms with van der Waals surface area (Å²) in [5.74, 6) is 0. The van der Waals surface area contributed by atoms with Gasteiger partial charge in [-0.3, -0.25) is 9.48 Å². The van der Waals surface area contributed by atoms with Gasteiger partial charge in [0.1, 0.15) is 5.03 Å². The van der Waals surface area contributed by atoms with Crippen LogP contribution in [0.2, 0.25) is 0 Å². The van der Waals surface area contributed by atoms with E-state index >= 15 is 0 Å². The first-order chi connectivity index (χ1) is 9.01. The van der Waals surface area contributed by atoms with Gasteiger partial charge in [-0.25, -0.2) is 4.98 Å². The van der Waals surface area contributed by atoms with E-state index in [1.165, 1.54) is 17.8 Å². The minimum absolute atomic E-state index is 0.135. The molecule has 0 aliphatic carbocycles. The Labute approximate surface area is 115 Å². The average Bonchev–Trinajstić information content (AvgIpc) is 2.55. The molecule has 2 heterocycles. The Balaban J connectivity index is 2.39. The molecule has 2 aromatic rings. The standard InChI is InChI=1S/C12H17N5OS/c1-7-5-10(18)15-12(14-7)19-11-9(6-13-3)8(2)16-17(11)4/h5,13H,6H2,1-4H3,(H,14,15,18). The highest BCUT2D eigenvalue weighted by molar-refractivity contribution is 7.99. The quantitative estimate of drug-likeness (QED) is 0.816. The van der Waals surface area contributed by atoms with Crippen molar-refractivity contribution < 1.29 is 0 Å². The van der Waals surface area contributed by atoms with Gasteiger partial charge >= 0.3 is 0 Å². The highest BCUT2D eigenvalue weighted by atomic mass is 32.2. The molecule has 2 N–H and O–H groups in total. The van der Waals surface area contributed by atoms with Gasteiger partial charge in [-0.2, -0.15) is 5.10 Å². The van der Waals surface area contributed by atoms with E-state index in [2.05, 4.69) is 20.4 Å². The second-order valence-corrected chi connectivity index (χ2v) is 5.29. The molecule has 0 unspecified atom stereocenters. The van der Waals surface area contributed by atoms with Crippen molar-refractivity contribution in [1.82, 2.24) is 25.1 Å². The topological polar surface area (TPSA) is 75.6 Å². The fourth-order valence-electron chi connectivity index (χ4n) is 1.88. The number of aromatic amines is 1.